The van der Waals surface area contributed by atoms with Gasteiger partial charge in [0.25, 0.3) is 0 Å². The number of halogens is 3. The molecule has 2 aromatic rings. The third-order valence-electron chi connectivity index (χ3n) is 3.82. The molecule has 0 amide bonds. The zero-order valence-corrected chi connectivity index (χ0v) is 12.7. The van der Waals surface area contributed by atoms with Crippen molar-refractivity contribution in [3.05, 3.63) is 78.4 Å². The normalized spacial score (nSPS) is 12.3. The Labute approximate surface area is 135 Å². The minimum Gasteiger partial charge on any atom is -0.350 e. The SMILES string of the molecule is O=c1cccc2c(=O)c3[nH]c4cc(C(F)(F)F)ccc4sc=3c2c1. The monoisotopic (exact) mass is 347 g/mol. The number of aromatic nitrogens is 1. The number of nitrogens with one attached hydrogen (secondary N) is 1. The van der Waals surface area contributed by atoms with Gasteiger partial charge in [-0.15, -0.1) is 11.3 Å². The standard InChI is InChI=1S/C17H8F3NO2S/c18-17(19,20)8-4-5-13-12(6-8)21-14-15(23)10-3-1-2-9(22)7-11(10)16(14)24-13/h1-7,21H. The first-order chi connectivity index (χ1) is 11.3. The quantitative estimate of drug-likeness (QED) is 0.525. The summed E-state index contributed by atoms with van der Waals surface area (Å²) in [4.78, 5) is 27.0. The fourth-order valence-electron chi connectivity index (χ4n) is 2.71. The first-order valence-electron chi connectivity index (χ1n) is 6.94. The van der Waals surface area contributed by atoms with Crippen LogP contribution in [0, 0.1) is 9.88 Å². The Bertz CT molecular complexity index is 1290. The topological polar surface area (TPSA) is 49.9 Å². The summed E-state index contributed by atoms with van der Waals surface area (Å²) < 4.78 is 39.7. The van der Waals surface area contributed by atoms with Crippen LogP contribution >= 0.6 is 11.3 Å². The van der Waals surface area contributed by atoms with Crippen LogP contribution in [0.4, 0.5) is 13.2 Å². The lowest BCUT2D eigenvalue weighted by molar-refractivity contribution is -0.137. The van der Waals surface area contributed by atoms with Crippen molar-refractivity contribution in [1.29, 1.82) is 0 Å². The van der Waals surface area contributed by atoms with E-state index in [9.17, 15) is 22.8 Å². The zero-order valence-electron chi connectivity index (χ0n) is 11.9. The number of aromatic amines is 1. The molecule has 24 heavy (non-hydrogen) atoms. The highest BCUT2D eigenvalue weighted by Crippen LogP contribution is 2.32. The number of benzene rings is 1. The zero-order chi connectivity index (χ0) is 17.1. The molecule has 1 aliphatic carbocycles. The van der Waals surface area contributed by atoms with E-state index in [1.807, 2.05) is 0 Å². The van der Waals surface area contributed by atoms with E-state index in [0.717, 1.165) is 12.1 Å². The average molecular weight is 347 g/mol. The van der Waals surface area contributed by atoms with Gasteiger partial charge in [-0.05, 0) is 30.3 Å². The summed E-state index contributed by atoms with van der Waals surface area (Å²) in [5.41, 5.74) is -1.11. The van der Waals surface area contributed by atoms with Crippen molar-refractivity contribution >= 4 is 32.3 Å². The minimum atomic E-state index is -4.45. The van der Waals surface area contributed by atoms with E-state index in [1.165, 1.54) is 35.6 Å². The van der Waals surface area contributed by atoms with Crippen LogP contribution in [0.5, 0.6) is 0 Å². The maximum atomic E-state index is 12.9. The molecule has 2 aliphatic rings. The van der Waals surface area contributed by atoms with E-state index in [-0.39, 0.29) is 21.7 Å². The first kappa shape index (κ1) is 14.9. The van der Waals surface area contributed by atoms with Crippen LogP contribution < -0.4 is 10.9 Å². The van der Waals surface area contributed by atoms with Gasteiger partial charge in [-0.1, -0.05) is 12.1 Å². The number of hydrogen-bond acceptors (Lipinski definition) is 3. The van der Waals surface area contributed by atoms with E-state index in [2.05, 4.69) is 4.98 Å². The summed E-state index contributed by atoms with van der Waals surface area (Å²) in [6, 6.07) is 9.13. The molecule has 0 radical (unpaired) electrons. The van der Waals surface area contributed by atoms with Crippen molar-refractivity contribution in [2.24, 2.45) is 0 Å². The summed E-state index contributed by atoms with van der Waals surface area (Å²) in [6.45, 7) is 0. The van der Waals surface area contributed by atoms with Gasteiger partial charge in [0.05, 0.1) is 20.3 Å². The Morgan fingerprint density at radius 1 is 0.958 bits per heavy atom. The molecule has 0 spiro atoms. The summed E-state index contributed by atoms with van der Waals surface area (Å²) in [7, 11) is 0. The molecule has 1 heterocycles. The highest BCUT2D eigenvalue weighted by Gasteiger charge is 2.30. The molecule has 0 saturated carbocycles. The third-order valence-corrected chi connectivity index (χ3v) is 5.03. The predicted molar refractivity (Wildman–Crippen MR) is 86.5 cm³/mol. The number of fused-ring (bicyclic) bond motifs is 3. The molecule has 0 saturated heterocycles. The smallest absolute Gasteiger partial charge is 0.350 e. The van der Waals surface area contributed by atoms with Crippen LogP contribution in [0.15, 0.2) is 52.1 Å². The highest BCUT2D eigenvalue weighted by atomic mass is 32.1. The lowest BCUT2D eigenvalue weighted by atomic mass is 10.2. The van der Waals surface area contributed by atoms with Gasteiger partial charge in [0.15, 0.2) is 5.43 Å². The predicted octanol–water partition coefficient (Wildman–Crippen LogP) is 3.85. The van der Waals surface area contributed by atoms with Gasteiger partial charge >= 0.3 is 6.18 Å². The molecule has 0 unspecified atom stereocenters. The summed E-state index contributed by atoms with van der Waals surface area (Å²) >= 11 is 1.19. The van der Waals surface area contributed by atoms with Crippen LogP contribution in [0.3, 0.4) is 0 Å². The van der Waals surface area contributed by atoms with Crippen molar-refractivity contribution in [2.45, 2.75) is 6.18 Å². The Morgan fingerprint density at radius 2 is 1.75 bits per heavy atom. The molecule has 1 N–H and O–H groups in total. The van der Waals surface area contributed by atoms with E-state index in [0.29, 0.717) is 20.0 Å². The van der Waals surface area contributed by atoms with E-state index >= 15 is 0 Å². The van der Waals surface area contributed by atoms with Gasteiger partial charge in [0.2, 0.25) is 5.43 Å². The molecule has 0 atom stereocenters. The number of hydrogen-bond donors (Lipinski definition) is 1. The van der Waals surface area contributed by atoms with Crippen LogP contribution in [-0.4, -0.2) is 4.98 Å². The Hall–Kier alpha value is -2.67. The van der Waals surface area contributed by atoms with Crippen molar-refractivity contribution in [3.8, 4) is 0 Å². The number of rotatable bonds is 0. The third kappa shape index (κ3) is 2.20. The van der Waals surface area contributed by atoms with Crippen LogP contribution in [0.25, 0.3) is 21.0 Å². The summed E-state index contributed by atoms with van der Waals surface area (Å²) in [5, 5.41) is 1.09. The van der Waals surface area contributed by atoms with E-state index in [4.69, 9.17) is 0 Å². The van der Waals surface area contributed by atoms with E-state index in [1.54, 1.807) is 6.07 Å². The van der Waals surface area contributed by atoms with Crippen LogP contribution in [-0.2, 0) is 6.18 Å². The van der Waals surface area contributed by atoms with Gasteiger partial charge in [0.1, 0.15) is 5.35 Å². The highest BCUT2D eigenvalue weighted by molar-refractivity contribution is 7.17. The molecule has 0 bridgehead atoms. The molecular formula is C17H8F3NO2S. The lowest BCUT2D eigenvalue weighted by Crippen LogP contribution is -2.05. The van der Waals surface area contributed by atoms with E-state index < -0.39 is 11.7 Å². The molecule has 4 rings (SSSR count). The average Bonchev–Trinajstić information content (AvgIpc) is 2.68. The van der Waals surface area contributed by atoms with Gasteiger partial charge in [-0.3, -0.25) is 9.59 Å². The second-order valence-electron chi connectivity index (χ2n) is 5.37. The Balaban J connectivity index is 2.20. The van der Waals surface area contributed by atoms with Gasteiger partial charge < -0.3 is 4.98 Å². The first-order valence-corrected chi connectivity index (χ1v) is 7.76. The molecule has 2 aromatic carbocycles. The number of H-pyrrole nitrogens is 1. The largest absolute Gasteiger partial charge is 0.416 e. The van der Waals surface area contributed by atoms with Gasteiger partial charge in [-0.2, -0.15) is 13.2 Å². The van der Waals surface area contributed by atoms with Crippen LogP contribution in [0.2, 0.25) is 0 Å². The van der Waals surface area contributed by atoms with Crippen molar-refractivity contribution in [2.75, 3.05) is 0 Å². The van der Waals surface area contributed by atoms with Gasteiger partial charge in [-0.25, -0.2) is 0 Å². The van der Waals surface area contributed by atoms with Crippen molar-refractivity contribution in [1.82, 2.24) is 4.98 Å². The fraction of sp³-hybridized carbons (Fsp3) is 0.0588. The van der Waals surface area contributed by atoms with Crippen molar-refractivity contribution in [3.63, 3.8) is 0 Å². The van der Waals surface area contributed by atoms with Crippen LogP contribution in [0.1, 0.15) is 5.56 Å². The maximum absolute atomic E-state index is 12.9. The molecular weight excluding hydrogens is 339 g/mol. The fourth-order valence-corrected chi connectivity index (χ4v) is 3.81. The molecule has 1 aliphatic heterocycles. The maximum Gasteiger partial charge on any atom is 0.416 e. The summed E-state index contributed by atoms with van der Waals surface area (Å²) in [5.74, 6) is 0. The molecule has 7 heteroatoms. The van der Waals surface area contributed by atoms with Crippen molar-refractivity contribution < 1.29 is 13.2 Å². The second-order valence-corrected chi connectivity index (χ2v) is 6.42. The lowest BCUT2D eigenvalue weighted by Gasteiger charge is -2.07. The summed E-state index contributed by atoms with van der Waals surface area (Å²) in [6.07, 6.45) is -4.45. The minimum absolute atomic E-state index is 0.215. The van der Waals surface area contributed by atoms with Gasteiger partial charge in [0, 0.05) is 10.8 Å². The molecule has 120 valence electrons. The molecule has 0 aromatic heterocycles. The Kier molecular flexibility index (Phi) is 3.05. The second kappa shape index (κ2) is 4.91. The number of alkyl halides is 3. The molecule has 0 fully saturated rings. The molecule has 3 nitrogen and oxygen atoms in total. The Morgan fingerprint density at radius 3 is 2.50 bits per heavy atom.